The Bertz CT molecular complexity index is 872. The standard InChI is InChI=1S/C23H28N2O3.ClH/c1-2-22-25-21(14-28-22)20-9-7-19(8-10-20)13-18-5-3-17(4-6-18)11-12-23(24,15-26)16-27;/h3-10,14,26-27H,2,11-13,15-16,24H2,1H3;1H. The number of nitrogens with two attached hydrogens (primary N) is 1. The highest BCUT2D eigenvalue weighted by Crippen LogP contribution is 2.21. The maximum atomic E-state index is 9.28. The van der Waals surface area contributed by atoms with E-state index in [0.29, 0.717) is 6.42 Å². The maximum absolute atomic E-state index is 9.28. The van der Waals surface area contributed by atoms with E-state index in [1.165, 1.54) is 11.1 Å². The minimum atomic E-state index is -0.915. The molecule has 4 N–H and O–H groups in total. The number of aryl methyl sites for hydroxylation is 2. The van der Waals surface area contributed by atoms with Gasteiger partial charge in [-0.15, -0.1) is 12.4 Å². The Balaban J connectivity index is 0.00000300. The van der Waals surface area contributed by atoms with Crippen LogP contribution >= 0.6 is 12.4 Å². The van der Waals surface area contributed by atoms with Crippen molar-refractivity contribution in [2.75, 3.05) is 13.2 Å². The van der Waals surface area contributed by atoms with E-state index in [-0.39, 0.29) is 25.6 Å². The molecule has 0 aliphatic carbocycles. The van der Waals surface area contributed by atoms with Crippen LogP contribution in [0.4, 0.5) is 0 Å². The first-order valence-electron chi connectivity index (χ1n) is 9.67. The first-order valence-corrected chi connectivity index (χ1v) is 9.67. The summed E-state index contributed by atoms with van der Waals surface area (Å²) in [5, 5.41) is 18.6. The van der Waals surface area contributed by atoms with E-state index in [1.807, 2.05) is 6.92 Å². The normalized spacial score (nSPS) is 11.3. The second-order valence-corrected chi connectivity index (χ2v) is 7.35. The molecule has 0 bridgehead atoms. The van der Waals surface area contributed by atoms with Crippen molar-refractivity contribution >= 4 is 12.4 Å². The second-order valence-electron chi connectivity index (χ2n) is 7.35. The van der Waals surface area contributed by atoms with Crippen molar-refractivity contribution in [3.8, 4) is 11.3 Å². The van der Waals surface area contributed by atoms with E-state index >= 15 is 0 Å². The molecule has 29 heavy (non-hydrogen) atoms. The molecule has 0 atom stereocenters. The summed E-state index contributed by atoms with van der Waals surface area (Å²) >= 11 is 0. The zero-order chi connectivity index (χ0) is 20.0. The summed E-state index contributed by atoms with van der Waals surface area (Å²) in [4.78, 5) is 4.46. The molecule has 5 nitrogen and oxygen atoms in total. The van der Waals surface area contributed by atoms with Gasteiger partial charge in [0.2, 0.25) is 0 Å². The Morgan fingerprint density at radius 3 is 2.00 bits per heavy atom. The number of oxazole rings is 1. The minimum absolute atomic E-state index is 0. The fourth-order valence-corrected chi connectivity index (χ4v) is 3.06. The first-order chi connectivity index (χ1) is 13.5. The van der Waals surface area contributed by atoms with Crippen LogP contribution in [0.2, 0.25) is 0 Å². The van der Waals surface area contributed by atoms with Crippen LogP contribution in [0.5, 0.6) is 0 Å². The van der Waals surface area contributed by atoms with E-state index in [0.717, 1.165) is 42.0 Å². The summed E-state index contributed by atoms with van der Waals surface area (Å²) in [6, 6.07) is 16.8. The molecular weight excluding hydrogens is 388 g/mol. The molecule has 3 rings (SSSR count). The zero-order valence-electron chi connectivity index (χ0n) is 16.7. The van der Waals surface area contributed by atoms with Crippen molar-refractivity contribution in [2.45, 2.75) is 38.1 Å². The summed E-state index contributed by atoms with van der Waals surface area (Å²) in [5.74, 6) is 0.754. The quantitative estimate of drug-likeness (QED) is 0.496. The molecule has 3 aromatic rings. The molecule has 0 spiro atoms. The van der Waals surface area contributed by atoms with Gasteiger partial charge in [0.25, 0.3) is 0 Å². The third kappa shape index (κ3) is 6.15. The molecule has 156 valence electrons. The lowest BCUT2D eigenvalue weighted by atomic mass is 9.93. The van der Waals surface area contributed by atoms with Crippen LogP contribution in [0.15, 0.2) is 59.2 Å². The Kier molecular flexibility index (Phi) is 8.41. The van der Waals surface area contributed by atoms with E-state index in [4.69, 9.17) is 10.2 Å². The number of nitrogens with zero attached hydrogens (tertiary/aromatic N) is 1. The van der Waals surface area contributed by atoms with Crippen LogP contribution in [0.25, 0.3) is 11.3 Å². The van der Waals surface area contributed by atoms with Gasteiger partial charge in [0.05, 0.1) is 18.8 Å². The van der Waals surface area contributed by atoms with Gasteiger partial charge in [-0.3, -0.25) is 0 Å². The van der Waals surface area contributed by atoms with Gasteiger partial charge >= 0.3 is 0 Å². The van der Waals surface area contributed by atoms with Gasteiger partial charge in [-0.2, -0.15) is 0 Å². The molecule has 0 saturated carbocycles. The monoisotopic (exact) mass is 416 g/mol. The molecule has 0 aliphatic rings. The molecule has 2 aromatic carbocycles. The van der Waals surface area contributed by atoms with Crippen LogP contribution in [0.1, 0.15) is 35.9 Å². The SMILES string of the molecule is CCc1nc(-c2ccc(Cc3ccc(CCC(N)(CO)CO)cc3)cc2)co1.Cl. The number of hydrogen-bond acceptors (Lipinski definition) is 5. The van der Waals surface area contributed by atoms with Gasteiger partial charge in [0, 0.05) is 12.0 Å². The van der Waals surface area contributed by atoms with Crippen LogP contribution in [0.3, 0.4) is 0 Å². The number of benzene rings is 2. The van der Waals surface area contributed by atoms with Crippen molar-refractivity contribution in [2.24, 2.45) is 5.73 Å². The third-order valence-electron chi connectivity index (χ3n) is 5.08. The lowest BCUT2D eigenvalue weighted by molar-refractivity contribution is 0.115. The Morgan fingerprint density at radius 1 is 0.931 bits per heavy atom. The number of halogens is 1. The van der Waals surface area contributed by atoms with Crippen LogP contribution in [-0.4, -0.2) is 33.9 Å². The summed E-state index contributed by atoms with van der Waals surface area (Å²) in [7, 11) is 0. The molecule has 0 radical (unpaired) electrons. The topological polar surface area (TPSA) is 92.5 Å². The van der Waals surface area contributed by atoms with E-state index in [2.05, 4.69) is 53.5 Å². The smallest absolute Gasteiger partial charge is 0.194 e. The molecule has 1 aromatic heterocycles. The van der Waals surface area contributed by atoms with E-state index < -0.39 is 5.54 Å². The van der Waals surface area contributed by atoms with Gasteiger partial charge in [0.1, 0.15) is 12.0 Å². The molecular formula is C23H29ClN2O3. The fourth-order valence-electron chi connectivity index (χ4n) is 3.06. The van der Waals surface area contributed by atoms with Crippen molar-refractivity contribution in [1.82, 2.24) is 4.98 Å². The molecule has 0 fully saturated rings. The summed E-state index contributed by atoms with van der Waals surface area (Å²) in [6.07, 6.45) is 4.62. The van der Waals surface area contributed by atoms with Crippen LogP contribution in [0, 0.1) is 0 Å². The van der Waals surface area contributed by atoms with Crippen molar-refractivity contribution in [3.63, 3.8) is 0 Å². The minimum Gasteiger partial charge on any atom is -0.448 e. The van der Waals surface area contributed by atoms with E-state index in [1.54, 1.807) is 6.26 Å². The Morgan fingerprint density at radius 2 is 1.48 bits per heavy atom. The van der Waals surface area contributed by atoms with Crippen molar-refractivity contribution < 1.29 is 14.6 Å². The number of hydrogen-bond donors (Lipinski definition) is 3. The van der Waals surface area contributed by atoms with Gasteiger partial charge in [0.15, 0.2) is 5.89 Å². The van der Waals surface area contributed by atoms with Gasteiger partial charge in [-0.05, 0) is 36.0 Å². The second kappa shape index (κ2) is 10.6. The van der Waals surface area contributed by atoms with Gasteiger partial charge in [-0.1, -0.05) is 55.5 Å². The number of aliphatic hydroxyl groups excluding tert-OH is 2. The number of rotatable bonds is 9. The average molecular weight is 417 g/mol. The molecule has 0 amide bonds. The first kappa shape index (κ1) is 23.1. The third-order valence-corrected chi connectivity index (χ3v) is 5.08. The van der Waals surface area contributed by atoms with Crippen LogP contribution in [-0.2, 0) is 19.3 Å². The molecule has 6 heteroatoms. The number of aliphatic hydroxyl groups is 2. The summed E-state index contributed by atoms with van der Waals surface area (Å²) in [5.41, 5.74) is 10.6. The largest absolute Gasteiger partial charge is 0.448 e. The van der Waals surface area contributed by atoms with E-state index in [9.17, 15) is 10.2 Å². The highest BCUT2D eigenvalue weighted by Gasteiger charge is 2.22. The predicted molar refractivity (Wildman–Crippen MR) is 117 cm³/mol. The highest BCUT2D eigenvalue weighted by molar-refractivity contribution is 5.85. The highest BCUT2D eigenvalue weighted by atomic mass is 35.5. The van der Waals surface area contributed by atoms with Crippen LogP contribution < -0.4 is 5.73 Å². The van der Waals surface area contributed by atoms with Gasteiger partial charge in [-0.25, -0.2) is 4.98 Å². The lowest BCUT2D eigenvalue weighted by Crippen LogP contribution is -2.47. The number of aromatic nitrogens is 1. The average Bonchev–Trinajstić information content (AvgIpc) is 3.23. The molecule has 1 heterocycles. The Labute approximate surface area is 178 Å². The van der Waals surface area contributed by atoms with Gasteiger partial charge < -0.3 is 20.4 Å². The van der Waals surface area contributed by atoms with Crippen molar-refractivity contribution in [1.29, 1.82) is 0 Å². The molecule has 0 unspecified atom stereocenters. The molecule has 0 saturated heterocycles. The summed E-state index contributed by atoms with van der Waals surface area (Å²) < 4.78 is 5.41. The fraction of sp³-hybridized carbons (Fsp3) is 0.348. The molecule has 0 aliphatic heterocycles. The predicted octanol–water partition coefficient (Wildman–Crippen LogP) is 3.53. The summed E-state index contributed by atoms with van der Waals surface area (Å²) in [6.45, 7) is 1.59. The zero-order valence-corrected chi connectivity index (χ0v) is 17.5. The Hall–Kier alpha value is -2.18. The lowest BCUT2D eigenvalue weighted by Gasteiger charge is -2.24. The van der Waals surface area contributed by atoms with Crippen molar-refractivity contribution in [3.05, 3.63) is 77.4 Å². The maximum Gasteiger partial charge on any atom is 0.194 e.